The van der Waals surface area contributed by atoms with Crippen molar-refractivity contribution < 1.29 is 8.42 Å². The normalized spacial score (nSPS) is 11.2. The van der Waals surface area contributed by atoms with Gasteiger partial charge in [-0.05, 0) is 37.6 Å². The number of pyridine rings is 1. The zero-order valence-electron chi connectivity index (χ0n) is 14.0. The Morgan fingerprint density at radius 3 is 2.69 bits per heavy atom. The van der Waals surface area contributed by atoms with Crippen LogP contribution in [-0.4, -0.2) is 24.9 Å². The van der Waals surface area contributed by atoms with Crippen molar-refractivity contribution in [2.75, 3.05) is 6.54 Å². The highest BCUT2D eigenvalue weighted by molar-refractivity contribution is 7.89. The van der Waals surface area contributed by atoms with Crippen molar-refractivity contribution in [3.8, 4) is 16.8 Å². The van der Waals surface area contributed by atoms with Crippen LogP contribution in [0.15, 0.2) is 53.6 Å². The summed E-state index contributed by atoms with van der Waals surface area (Å²) in [7, 11) is -3.73. The first kappa shape index (κ1) is 18.2. The number of nitriles is 1. The van der Waals surface area contributed by atoms with E-state index in [-0.39, 0.29) is 17.0 Å². The number of aryl methyl sites for hydroxylation is 1. The minimum absolute atomic E-state index is 0.00213. The van der Waals surface area contributed by atoms with Gasteiger partial charge in [0.25, 0.3) is 0 Å². The van der Waals surface area contributed by atoms with E-state index in [0.29, 0.717) is 6.42 Å². The molecule has 2 heterocycles. The van der Waals surface area contributed by atoms with E-state index < -0.39 is 10.0 Å². The summed E-state index contributed by atoms with van der Waals surface area (Å²) in [4.78, 5) is 9.80. The van der Waals surface area contributed by atoms with Crippen LogP contribution in [-0.2, 0) is 16.4 Å². The maximum atomic E-state index is 12.4. The van der Waals surface area contributed by atoms with Gasteiger partial charge in [0, 0.05) is 17.6 Å². The lowest BCUT2D eigenvalue weighted by Gasteiger charge is -2.07. The zero-order chi connectivity index (χ0) is 18.6. The van der Waals surface area contributed by atoms with Crippen LogP contribution in [0.25, 0.3) is 10.7 Å². The van der Waals surface area contributed by atoms with E-state index in [0.717, 1.165) is 21.3 Å². The first-order chi connectivity index (χ1) is 12.5. The second-order valence-electron chi connectivity index (χ2n) is 5.50. The molecule has 0 aliphatic rings. The van der Waals surface area contributed by atoms with E-state index in [1.165, 1.54) is 23.5 Å². The van der Waals surface area contributed by atoms with Gasteiger partial charge >= 0.3 is 0 Å². The number of hydrogen-bond acceptors (Lipinski definition) is 6. The van der Waals surface area contributed by atoms with Gasteiger partial charge in [0.05, 0.1) is 21.8 Å². The first-order valence-corrected chi connectivity index (χ1v) is 10.2. The molecule has 0 saturated carbocycles. The molecule has 0 fully saturated rings. The molecule has 0 aliphatic heterocycles. The van der Waals surface area contributed by atoms with Gasteiger partial charge in [-0.15, -0.1) is 11.3 Å². The highest BCUT2D eigenvalue weighted by Crippen LogP contribution is 2.26. The van der Waals surface area contributed by atoms with Crippen molar-refractivity contribution in [2.24, 2.45) is 0 Å². The van der Waals surface area contributed by atoms with E-state index in [2.05, 4.69) is 14.7 Å². The van der Waals surface area contributed by atoms with Crippen molar-refractivity contribution in [1.29, 1.82) is 5.26 Å². The number of nitrogens with zero attached hydrogens (tertiary/aromatic N) is 3. The molecule has 0 bridgehead atoms. The third-order valence-electron chi connectivity index (χ3n) is 3.72. The lowest BCUT2D eigenvalue weighted by Crippen LogP contribution is -2.26. The maximum absolute atomic E-state index is 12.4. The van der Waals surface area contributed by atoms with Crippen LogP contribution in [0.1, 0.15) is 16.1 Å². The number of aromatic nitrogens is 2. The molecule has 8 heteroatoms. The number of sulfonamides is 1. The van der Waals surface area contributed by atoms with Crippen LogP contribution >= 0.6 is 11.3 Å². The Morgan fingerprint density at radius 2 is 1.96 bits per heavy atom. The fourth-order valence-corrected chi connectivity index (χ4v) is 4.65. The molecule has 1 aromatic carbocycles. The average molecular weight is 384 g/mol. The monoisotopic (exact) mass is 384 g/mol. The van der Waals surface area contributed by atoms with Crippen LogP contribution in [0.3, 0.4) is 0 Å². The fourth-order valence-electron chi connectivity index (χ4n) is 2.43. The summed E-state index contributed by atoms with van der Waals surface area (Å²) in [5.74, 6) is 0. The Morgan fingerprint density at radius 1 is 1.19 bits per heavy atom. The van der Waals surface area contributed by atoms with Gasteiger partial charge in [0.15, 0.2) is 0 Å². The van der Waals surface area contributed by atoms with E-state index in [1.54, 1.807) is 18.3 Å². The molecule has 0 atom stereocenters. The Kier molecular flexibility index (Phi) is 5.42. The first-order valence-electron chi connectivity index (χ1n) is 7.88. The molecule has 3 rings (SSSR count). The summed E-state index contributed by atoms with van der Waals surface area (Å²) in [5.41, 5.74) is 1.80. The molecule has 0 spiro atoms. The predicted octanol–water partition coefficient (Wildman–Crippen LogP) is 2.91. The molecule has 0 unspecified atom stereocenters. The molecule has 0 saturated heterocycles. The smallest absolute Gasteiger partial charge is 0.241 e. The van der Waals surface area contributed by atoms with Crippen molar-refractivity contribution in [2.45, 2.75) is 18.2 Å². The quantitative estimate of drug-likeness (QED) is 0.705. The summed E-state index contributed by atoms with van der Waals surface area (Å²) in [5, 5.41) is 9.89. The van der Waals surface area contributed by atoms with Crippen LogP contribution in [0.5, 0.6) is 0 Å². The number of thiazole rings is 1. The van der Waals surface area contributed by atoms with Gasteiger partial charge in [0.1, 0.15) is 11.1 Å². The van der Waals surface area contributed by atoms with E-state index in [1.807, 2.05) is 31.2 Å². The number of benzene rings is 1. The third kappa shape index (κ3) is 3.96. The fraction of sp³-hybridized carbons (Fsp3) is 0.167. The third-order valence-corrected chi connectivity index (χ3v) is 6.48. The number of hydrogen-bond donors (Lipinski definition) is 1. The lowest BCUT2D eigenvalue weighted by molar-refractivity contribution is 0.581. The zero-order valence-corrected chi connectivity index (χ0v) is 15.6. The van der Waals surface area contributed by atoms with E-state index in [4.69, 9.17) is 5.26 Å². The van der Waals surface area contributed by atoms with Crippen molar-refractivity contribution in [1.82, 2.24) is 14.7 Å². The maximum Gasteiger partial charge on any atom is 0.241 e. The molecular weight excluding hydrogens is 368 g/mol. The van der Waals surface area contributed by atoms with Crippen LogP contribution in [0, 0.1) is 18.3 Å². The molecule has 132 valence electrons. The number of rotatable bonds is 6. The molecule has 0 aliphatic carbocycles. The Balaban J connectivity index is 1.71. The topological polar surface area (TPSA) is 95.7 Å². The largest absolute Gasteiger partial charge is 0.254 e. The van der Waals surface area contributed by atoms with Gasteiger partial charge in [-0.1, -0.05) is 18.2 Å². The summed E-state index contributed by atoms with van der Waals surface area (Å²) in [6.45, 7) is 2.13. The SMILES string of the molecule is Cc1nc(-c2ccccn2)sc1CCNS(=O)(=O)c1ccccc1C#N. The van der Waals surface area contributed by atoms with Gasteiger partial charge in [-0.2, -0.15) is 5.26 Å². The van der Waals surface area contributed by atoms with Gasteiger partial charge in [-0.3, -0.25) is 4.98 Å². The predicted molar refractivity (Wildman–Crippen MR) is 100 cm³/mol. The van der Waals surface area contributed by atoms with E-state index >= 15 is 0 Å². The van der Waals surface area contributed by atoms with Gasteiger partial charge in [-0.25, -0.2) is 18.1 Å². The summed E-state index contributed by atoms with van der Waals surface area (Å²) in [6, 6.07) is 13.7. The van der Waals surface area contributed by atoms with Gasteiger partial charge in [0.2, 0.25) is 10.0 Å². The van der Waals surface area contributed by atoms with Crippen molar-refractivity contribution >= 4 is 21.4 Å². The van der Waals surface area contributed by atoms with Crippen molar-refractivity contribution in [3.05, 3.63) is 64.8 Å². The Labute approximate surface area is 156 Å². The summed E-state index contributed by atoms with van der Waals surface area (Å²) >= 11 is 1.51. The lowest BCUT2D eigenvalue weighted by atomic mass is 10.2. The number of nitrogens with one attached hydrogen (secondary N) is 1. The van der Waals surface area contributed by atoms with Crippen molar-refractivity contribution in [3.63, 3.8) is 0 Å². The molecule has 0 radical (unpaired) electrons. The second-order valence-corrected chi connectivity index (χ2v) is 8.32. The molecule has 1 N–H and O–H groups in total. The molecule has 0 amide bonds. The molecular formula is C18H16N4O2S2. The average Bonchev–Trinajstić information content (AvgIpc) is 3.03. The molecule has 6 nitrogen and oxygen atoms in total. The Hall–Kier alpha value is -2.60. The second kappa shape index (κ2) is 7.74. The highest BCUT2D eigenvalue weighted by atomic mass is 32.2. The highest BCUT2D eigenvalue weighted by Gasteiger charge is 2.18. The van der Waals surface area contributed by atoms with Gasteiger partial charge < -0.3 is 0 Å². The summed E-state index contributed by atoms with van der Waals surface area (Å²) in [6.07, 6.45) is 2.23. The molecule has 2 aromatic heterocycles. The van der Waals surface area contributed by atoms with Crippen LogP contribution < -0.4 is 4.72 Å². The molecule has 3 aromatic rings. The van der Waals surface area contributed by atoms with Crippen LogP contribution in [0.4, 0.5) is 0 Å². The summed E-state index contributed by atoms with van der Waals surface area (Å²) < 4.78 is 27.4. The molecule has 26 heavy (non-hydrogen) atoms. The Bertz CT molecular complexity index is 1050. The minimum atomic E-state index is -3.73. The standard InChI is InChI=1S/C18H16N4O2S2/c1-13-16(25-18(22-13)15-7-4-5-10-20-15)9-11-21-26(23,24)17-8-3-2-6-14(17)12-19/h2-8,10,21H,9,11H2,1H3. The van der Waals surface area contributed by atoms with E-state index in [9.17, 15) is 8.42 Å². The van der Waals surface area contributed by atoms with Crippen LogP contribution in [0.2, 0.25) is 0 Å². The minimum Gasteiger partial charge on any atom is -0.254 e.